The number of nitrogens with zero attached hydrogens (tertiary/aromatic N) is 2. The second-order valence-corrected chi connectivity index (χ2v) is 7.83. The molecule has 0 unspecified atom stereocenters. The number of hydrogen-bond donors (Lipinski definition) is 1. The maximum absolute atomic E-state index is 12.8. The smallest absolute Gasteiger partial charge is 0.254 e. The average molecular weight is 425 g/mol. The average Bonchev–Trinajstić information content (AvgIpc) is 2.80. The van der Waals surface area contributed by atoms with E-state index >= 15 is 0 Å². The predicted molar refractivity (Wildman–Crippen MR) is 124 cm³/mol. The molecule has 5 rings (SSSR count). The number of aryl methyl sites for hydroxylation is 1. The van der Waals surface area contributed by atoms with Crippen molar-refractivity contribution < 1.29 is 14.4 Å². The minimum absolute atomic E-state index is 0.00623. The molecular weight excluding hydrogens is 402 g/mol. The molecule has 4 aromatic rings. The number of pyridine rings is 1. The minimum Gasteiger partial charge on any atom is -0.487 e. The van der Waals surface area contributed by atoms with Gasteiger partial charge < -0.3 is 14.5 Å². The number of rotatable bonds is 6. The Bertz CT molecular complexity index is 1250. The summed E-state index contributed by atoms with van der Waals surface area (Å²) in [5.74, 6) is 1.48. The zero-order valence-electron chi connectivity index (χ0n) is 17.7. The Kier molecular flexibility index (Phi) is 5.34. The van der Waals surface area contributed by atoms with Crippen molar-refractivity contribution in [3.8, 4) is 11.5 Å². The Labute approximate surface area is 186 Å². The first-order chi connectivity index (χ1) is 15.7. The lowest BCUT2D eigenvalue weighted by Crippen LogP contribution is -2.56. The fourth-order valence-electron chi connectivity index (χ4n) is 3.73. The van der Waals surface area contributed by atoms with Crippen LogP contribution in [-0.4, -0.2) is 35.0 Å². The Morgan fingerprint density at radius 1 is 1.00 bits per heavy atom. The highest BCUT2D eigenvalue weighted by atomic mass is 16.6. The van der Waals surface area contributed by atoms with E-state index in [1.54, 1.807) is 11.1 Å². The zero-order valence-corrected chi connectivity index (χ0v) is 17.7. The Morgan fingerprint density at radius 3 is 2.62 bits per heavy atom. The van der Waals surface area contributed by atoms with Gasteiger partial charge in [0.2, 0.25) is 0 Å². The number of amides is 1. The minimum atomic E-state index is 0.00623. The lowest BCUT2D eigenvalue weighted by molar-refractivity contribution is 0.0178. The second kappa shape index (κ2) is 8.59. The second-order valence-electron chi connectivity index (χ2n) is 7.83. The molecule has 1 N–H and O–H groups in total. The van der Waals surface area contributed by atoms with Crippen LogP contribution in [0.25, 0.3) is 10.9 Å². The molecule has 0 spiro atoms. The third kappa shape index (κ3) is 4.07. The largest absolute Gasteiger partial charge is 0.487 e. The number of aromatic nitrogens is 1. The summed E-state index contributed by atoms with van der Waals surface area (Å²) in [7, 11) is 0. The molecule has 2 heterocycles. The summed E-state index contributed by atoms with van der Waals surface area (Å²) in [5, 5.41) is 1.01. The van der Waals surface area contributed by atoms with E-state index in [9.17, 15) is 4.79 Å². The number of anilines is 1. The third-order valence-corrected chi connectivity index (χ3v) is 5.52. The number of benzene rings is 3. The van der Waals surface area contributed by atoms with E-state index < -0.39 is 0 Å². The fourth-order valence-corrected chi connectivity index (χ4v) is 3.73. The predicted octanol–water partition coefficient (Wildman–Crippen LogP) is 4.85. The molecule has 0 aliphatic carbocycles. The summed E-state index contributed by atoms with van der Waals surface area (Å²) in [6.07, 6.45) is 1.78. The van der Waals surface area contributed by atoms with Crippen molar-refractivity contribution >= 4 is 22.5 Å². The quantitative estimate of drug-likeness (QED) is 0.447. The monoisotopic (exact) mass is 425 g/mol. The molecule has 1 aliphatic heterocycles. The zero-order chi connectivity index (χ0) is 21.9. The number of para-hydroxylation sites is 2. The van der Waals surface area contributed by atoms with Crippen LogP contribution in [0.2, 0.25) is 0 Å². The normalized spacial score (nSPS) is 13.5. The Hall–Kier alpha value is -4.06. The summed E-state index contributed by atoms with van der Waals surface area (Å²) >= 11 is 0. The number of likely N-dealkylation sites (tertiary alicyclic amines) is 1. The molecule has 160 valence electrons. The number of carbonyl (C=O) groups excluding carboxylic acids is 1. The van der Waals surface area contributed by atoms with Gasteiger partial charge in [0.1, 0.15) is 17.4 Å². The van der Waals surface area contributed by atoms with Crippen LogP contribution in [0.4, 0.5) is 5.69 Å². The molecule has 1 aliphatic rings. The molecule has 1 saturated heterocycles. The fraction of sp³-hybridized carbons (Fsp3) is 0.154. The highest BCUT2D eigenvalue weighted by Crippen LogP contribution is 2.25. The van der Waals surface area contributed by atoms with Crippen molar-refractivity contribution in [2.75, 3.05) is 18.6 Å². The molecule has 1 amide bonds. The lowest BCUT2D eigenvalue weighted by atomic mass is 10.1. The number of ether oxygens (including phenoxy) is 1. The van der Waals surface area contributed by atoms with Crippen molar-refractivity contribution in [1.29, 1.82) is 0 Å². The standard InChI is InChI=1S/C26H23N3O3/c1-18-15-20(26(30)29-16-22(17-29)31-21-9-3-2-4-10-21)12-13-23(18)28-32-24-11-5-7-19-8-6-14-27-25(19)24/h2-15,22,28H,16-17H2,1H3. The van der Waals surface area contributed by atoms with Gasteiger partial charge in [-0.25, -0.2) is 5.48 Å². The van der Waals surface area contributed by atoms with Crippen LogP contribution in [0.1, 0.15) is 15.9 Å². The van der Waals surface area contributed by atoms with Gasteiger partial charge in [0.25, 0.3) is 5.91 Å². The van der Waals surface area contributed by atoms with E-state index in [-0.39, 0.29) is 12.0 Å². The van der Waals surface area contributed by atoms with E-state index in [1.165, 1.54) is 0 Å². The van der Waals surface area contributed by atoms with E-state index in [4.69, 9.17) is 9.57 Å². The maximum Gasteiger partial charge on any atom is 0.254 e. The summed E-state index contributed by atoms with van der Waals surface area (Å²) in [6.45, 7) is 3.12. The van der Waals surface area contributed by atoms with Gasteiger partial charge in [-0.1, -0.05) is 36.4 Å². The Morgan fingerprint density at radius 2 is 1.81 bits per heavy atom. The van der Waals surface area contributed by atoms with Gasteiger partial charge in [0.15, 0.2) is 5.75 Å². The lowest BCUT2D eigenvalue weighted by Gasteiger charge is -2.39. The van der Waals surface area contributed by atoms with Crippen molar-refractivity contribution in [2.24, 2.45) is 0 Å². The molecule has 6 heteroatoms. The van der Waals surface area contributed by atoms with Gasteiger partial charge in [-0.05, 0) is 55.0 Å². The van der Waals surface area contributed by atoms with E-state index in [1.807, 2.05) is 85.8 Å². The summed E-state index contributed by atoms with van der Waals surface area (Å²) < 4.78 is 5.89. The first-order valence-corrected chi connectivity index (χ1v) is 10.6. The first kappa shape index (κ1) is 19.9. The molecule has 1 aromatic heterocycles. The number of carbonyl (C=O) groups is 1. The van der Waals surface area contributed by atoms with Gasteiger partial charge in [-0.2, -0.15) is 0 Å². The SMILES string of the molecule is Cc1cc(C(=O)N2CC(Oc3ccccc3)C2)ccc1NOc1cccc2cccnc12. The third-order valence-electron chi connectivity index (χ3n) is 5.52. The summed E-state index contributed by atoms with van der Waals surface area (Å²) in [6, 6.07) is 24.9. The molecule has 0 bridgehead atoms. The number of fused-ring (bicyclic) bond motifs is 1. The van der Waals surface area contributed by atoms with E-state index in [2.05, 4.69) is 10.5 Å². The molecule has 0 atom stereocenters. The van der Waals surface area contributed by atoms with Crippen LogP contribution in [0.15, 0.2) is 85.1 Å². The Balaban J connectivity index is 1.20. The molecule has 32 heavy (non-hydrogen) atoms. The van der Waals surface area contributed by atoms with Crippen molar-refractivity contribution in [3.05, 3.63) is 96.2 Å². The van der Waals surface area contributed by atoms with Gasteiger partial charge in [-0.15, -0.1) is 0 Å². The molecule has 0 saturated carbocycles. The van der Waals surface area contributed by atoms with Crippen molar-refractivity contribution in [1.82, 2.24) is 9.88 Å². The number of hydrogen-bond acceptors (Lipinski definition) is 5. The van der Waals surface area contributed by atoms with E-state index in [0.717, 1.165) is 27.9 Å². The maximum atomic E-state index is 12.8. The van der Waals surface area contributed by atoms with Crippen LogP contribution >= 0.6 is 0 Å². The molecule has 0 radical (unpaired) electrons. The van der Waals surface area contributed by atoms with Crippen LogP contribution < -0.4 is 15.1 Å². The topological polar surface area (TPSA) is 63.7 Å². The van der Waals surface area contributed by atoms with Gasteiger partial charge in [0.05, 0.1) is 18.8 Å². The van der Waals surface area contributed by atoms with Crippen LogP contribution in [0.3, 0.4) is 0 Å². The van der Waals surface area contributed by atoms with E-state index in [0.29, 0.717) is 24.4 Å². The summed E-state index contributed by atoms with van der Waals surface area (Å²) in [5.41, 5.74) is 6.15. The molecular formula is C26H23N3O3. The van der Waals surface area contributed by atoms with Crippen LogP contribution in [-0.2, 0) is 0 Å². The van der Waals surface area contributed by atoms with Crippen LogP contribution in [0, 0.1) is 6.92 Å². The summed E-state index contributed by atoms with van der Waals surface area (Å²) in [4.78, 5) is 24.8. The highest BCUT2D eigenvalue weighted by molar-refractivity contribution is 5.95. The molecule has 3 aromatic carbocycles. The number of nitrogens with one attached hydrogen (secondary N) is 1. The molecule has 1 fully saturated rings. The van der Waals surface area contributed by atoms with Gasteiger partial charge >= 0.3 is 0 Å². The first-order valence-electron chi connectivity index (χ1n) is 10.6. The van der Waals surface area contributed by atoms with Crippen molar-refractivity contribution in [2.45, 2.75) is 13.0 Å². The van der Waals surface area contributed by atoms with Crippen molar-refractivity contribution in [3.63, 3.8) is 0 Å². The highest BCUT2D eigenvalue weighted by Gasteiger charge is 2.32. The van der Waals surface area contributed by atoms with Gasteiger partial charge in [0, 0.05) is 17.1 Å². The van der Waals surface area contributed by atoms with Crippen LogP contribution in [0.5, 0.6) is 11.5 Å². The molecule has 6 nitrogen and oxygen atoms in total. The van der Waals surface area contributed by atoms with Gasteiger partial charge in [-0.3, -0.25) is 9.78 Å².